The molecule has 3 heteroatoms. The van der Waals surface area contributed by atoms with Crippen LogP contribution in [0.25, 0.3) is 0 Å². The summed E-state index contributed by atoms with van der Waals surface area (Å²) in [5, 5.41) is 3.54. The highest BCUT2D eigenvalue weighted by atomic mass is 79.9. The van der Waals surface area contributed by atoms with E-state index < -0.39 is 0 Å². The van der Waals surface area contributed by atoms with Crippen molar-refractivity contribution in [2.75, 3.05) is 25.0 Å². The fraction of sp³-hybridized carbons (Fsp3) is 0.647. The minimum absolute atomic E-state index is 0.296. The summed E-state index contributed by atoms with van der Waals surface area (Å²) in [4.78, 5) is 2.36. The molecule has 0 fully saturated rings. The fourth-order valence-electron chi connectivity index (χ4n) is 2.36. The van der Waals surface area contributed by atoms with E-state index in [1.807, 2.05) is 0 Å². The number of benzene rings is 1. The third-order valence-electron chi connectivity index (χ3n) is 3.03. The number of anilines is 1. The van der Waals surface area contributed by atoms with E-state index in [1.54, 1.807) is 0 Å². The summed E-state index contributed by atoms with van der Waals surface area (Å²) in [7, 11) is 2.18. The van der Waals surface area contributed by atoms with Gasteiger partial charge in [-0.3, -0.25) is 0 Å². The molecule has 0 atom stereocenters. The quantitative estimate of drug-likeness (QED) is 0.808. The van der Waals surface area contributed by atoms with Crippen molar-refractivity contribution in [2.24, 2.45) is 11.3 Å². The minimum Gasteiger partial charge on any atom is -0.374 e. The number of rotatable bonds is 6. The molecule has 0 unspecified atom stereocenters. The number of hydrogen-bond acceptors (Lipinski definition) is 2. The van der Waals surface area contributed by atoms with Crippen molar-refractivity contribution in [1.29, 1.82) is 0 Å². The van der Waals surface area contributed by atoms with E-state index in [2.05, 4.69) is 86.0 Å². The van der Waals surface area contributed by atoms with E-state index in [0.29, 0.717) is 11.3 Å². The Kier molecular flexibility index (Phi) is 6.53. The van der Waals surface area contributed by atoms with Gasteiger partial charge in [-0.25, -0.2) is 0 Å². The topological polar surface area (TPSA) is 15.3 Å². The predicted molar refractivity (Wildman–Crippen MR) is 93.4 cm³/mol. The van der Waals surface area contributed by atoms with Crippen LogP contribution in [0, 0.1) is 11.3 Å². The first-order valence-corrected chi connectivity index (χ1v) is 8.18. The zero-order chi connectivity index (χ0) is 15.3. The van der Waals surface area contributed by atoms with Gasteiger partial charge >= 0.3 is 0 Å². The molecule has 20 heavy (non-hydrogen) atoms. The molecule has 0 saturated carbocycles. The Morgan fingerprint density at radius 3 is 2.45 bits per heavy atom. The van der Waals surface area contributed by atoms with E-state index >= 15 is 0 Å². The van der Waals surface area contributed by atoms with Gasteiger partial charge in [-0.15, -0.1) is 0 Å². The smallest absolute Gasteiger partial charge is 0.0410 e. The summed E-state index contributed by atoms with van der Waals surface area (Å²) in [6.07, 6.45) is 0. The highest BCUT2D eigenvalue weighted by molar-refractivity contribution is 9.10. The summed E-state index contributed by atoms with van der Waals surface area (Å²) in [6.45, 7) is 14.3. The molecule has 0 aliphatic rings. The molecule has 1 N–H and O–H groups in total. The van der Waals surface area contributed by atoms with Crippen LogP contribution in [0.2, 0.25) is 0 Å². The molecule has 0 saturated heterocycles. The van der Waals surface area contributed by atoms with Gasteiger partial charge in [0.1, 0.15) is 0 Å². The molecule has 0 bridgehead atoms. The van der Waals surface area contributed by atoms with Gasteiger partial charge in [-0.2, -0.15) is 0 Å². The Bertz CT molecular complexity index is 421. The monoisotopic (exact) mass is 340 g/mol. The van der Waals surface area contributed by atoms with Gasteiger partial charge in [0.25, 0.3) is 0 Å². The average Bonchev–Trinajstić information content (AvgIpc) is 2.25. The molecule has 0 heterocycles. The van der Waals surface area contributed by atoms with Gasteiger partial charge in [0.15, 0.2) is 0 Å². The van der Waals surface area contributed by atoms with E-state index in [4.69, 9.17) is 0 Å². The van der Waals surface area contributed by atoms with Gasteiger partial charge in [-0.05, 0) is 41.6 Å². The molecule has 1 rings (SSSR count). The van der Waals surface area contributed by atoms with E-state index in [-0.39, 0.29) is 0 Å². The molecule has 114 valence electrons. The molecular weight excluding hydrogens is 312 g/mol. The molecule has 1 aromatic carbocycles. The van der Waals surface area contributed by atoms with Crippen LogP contribution in [-0.4, -0.2) is 20.1 Å². The maximum absolute atomic E-state index is 3.58. The number of nitrogens with one attached hydrogen (secondary N) is 1. The highest BCUT2D eigenvalue weighted by Crippen LogP contribution is 2.26. The summed E-state index contributed by atoms with van der Waals surface area (Å²) in [6, 6.07) is 6.56. The lowest BCUT2D eigenvalue weighted by Crippen LogP contribution is -2.30. The van der Waals surface area contributed by atoms with Gasteiger partial charge in [0, 0.05) is 30.3 Å². The number of halogens is 1. The van der Waals surface area contributed by atoms with Gasteiger partial charge in [0.2, 0.25) is 0 Å². The predicted octanol–water partition coefficient (Wildman–Crippen LogP) is 4.68. The van der Waals surface area contributed by atoms with Crippen LogP contribution >= 0.6 is 15.9 Å². The van der Waals surface area contributed by atoms with Crippen molar-refractivity contribution < 1.29 is 0 Å². The van der Waals surface area contributed by atoms with Crippen molar-refractivity contribution in [3.63, 3.8) is 0 Å². The van der Waals surface area contributed by atoms with Crippen LogP contribution in [0.4, 0.5) is 5.69 Å². The summed E-state index contributed by atoms with van der Waals surface area (Å²) in [5.74, 6) is 0.679. The van der Waals surface area contributed by atoms with Crippen LogP contribution in [0.1, 0.15) is 40.2 Å². The van der Waals surface area contributed by atoms with E-state index in [0.717, 1.165) is 24.1 Å². The summed E-state index contributed by atoms with van der Waals surface area (Å²) < 4.78 is 1.15. The largest absolute Gasteiger partial charge is 0.374 e. The molecule has 0 aliphatic heterocycles. The second-order valence-electron chi connectivity index (χ2n) is 7.21. The van der Waals surface area contributed by atoms with Gasteiger partial charge < -0.3 is 10.2 Å². The summed E-state index contributed by atoms with van der Waals surface area (Å²) in [5.41, 5.74) is 2.97. The van der Waals surface area contributed by atoms with Crippen molar-refractivity contribution in [2.45, 2.75) is 41.2 Å². The molecule has 0 spiro atoms. The molecule has 2 nitrogen and oxygen atoms in total. The lowest BCUT2D eigenvalue weighted by Gasteiger charge is -2.30. The Labute approximate surface area is 133 Å². The Morgan fingerprint density at radius 1 is 1.25 bits per heavy atom. The normalized spacial score (nSPS) is 12.0. The highest BCUT2D eigenvalue weighted by Gasteiger charge is 2.16. The van der Waals surface area contributed by atoms with Crippen molar-refractivity contribution in [1.82, 2.24) is 5.32 Å². The number of nitrogens with zero attached hydrogens (tertiary/aromatic N) is 1. The maximum atomic E-state index is 3.58. The number of hydrogen-bond donors (Lipinski definition) is 1. The van der Waals surface area contributed by atoms with Crippen LogP contribution in [-0.2, 0) is 6.54 Å². The molecule has 0 radical (unpaired) electrons. The molecule has 0 aliphatic carbocycles. The molecular formula is C17H29BrN2. The lowest BCUT2D eigenvalue weighted by atomic mass is 9.95. The molecule has 1 aromatic rings. The summed E-state index contributed by atoms with van der Waals surface area (Å²) >= 11 is 3.58. The Balaban J connectivity index is 2.83. The SMILES string of the molecule is CC(C)CNCc1cc(Br)ccc1N(C)CC(C)(C)C. The van der Waals surface area contributed by atoms with Gasteiger partial charge in [-0.1, -0.05) is 50.5 Å². The Morgan fingerprint density at radius 2 is 1.90 bits per heavy atom. The molecule has 0 aromatic heterocycles. The first-order chi connectivity index (χ1) is 9.19. The second-order valence-corrected chi connectivity index (χ2v) is 8.13. The van der Waals surface area contributed by atoms with Crippen molar-refractivity contribution in [3.05, 3.63) is 28.2 Å². The average molecular weight is 341 g/mol. The minimum atomic E-state index is 0.296. The van der Waals surface area contributed by atoms with Crippen LogP contribution in [0.5, 0.6) is 0 Å². The zero-order valence-corrected chi connectivity index (χ0v) is 15.3. The van der Waals surface area contributed by atoms with Crippen LogP contribution in [0.15, 0.2) is 22.7 Å². The molecule has 0 amide bonds. The van der Waals surface area contributed by atoms with Crippen LogP contribution < -0.4 is 10.2 Å². The lowest BCUT2D eigenvalue weighted by molar-refractivity contribution is 0.418. The first kappa shape index (κ1) is 17.5. The zero-order valence-electron chi connectivity index (χ0n) is 13.8. The first-order valence-electron chi connectivity index (χ1n) is 7.39. The van der Waals surface area contributed by atoms with Gasteiger partial charge in [0.05, 0.1) is 0 Å². The maximum Gasteiger partial charge on any atom is 0.0410 e. The fourth-order valence-corrected chi connectivity index (χ4v) is 2.77. The van der Waals surface area contributed by atoms with Crippen LogP contribution in [0.3, 0.4) is 0 Å². The van der Waals surface area contributed by atoms with E-state index in [1.165, 1.54) is 11.3 Å². The third kappa shape index (κ3) is 6.27. The van der Waals surface area contributed by atoms with Crippen molar-refractivity contribution in [3.8, 4) is 0 Å². The van der Waals surface area contributed by atoms with E-state index in [9.17, 15) is 0 Å². The third-order valence-corrected chi connectivity index (χ3v) is 3.53. The van der Waals surface area contributed by atoms with Crippen molar-refractivity contribution >= 4 is 21.6 Å². The Hall–Kier alpha value is -0.540. The standard InChI is InChI=1S/C17H29BrN2/c1-13(2)10-19-11-14-9-15(18)7-8-16(14)20(6)12-17(3,4)5/h7-9,13,19H,10-12H2,1-6H3. The second kappa shape index (κ2) is 7.46.